The van der Waals surface area contributed by atoms with Crippen LogP contribution in [0, 0.1) is 0 Å². The van der Waals surface area contributed by atoms with Crippen LogP contribution in [0.2, 0.25) is 0 Å². The summed E-state index contributed by atoms with van der Waals surface area (Å²) in [5, 5.41) is 3.44. The number of anilines is 1. The second-order valence-electron chi connectivity index (χ2n) is 5.08. The molecule has 19 heavy (non-hydrogen) atoms. The Hall–Kier alpha value is -1.13. The Bertz CT molecular complexity index is 389. The van der Waals surface area contributed by atoms with E-state index >= 15 is 0 Å². The van der Waals surface area contributed by atoms with E-state index in [1.807, 2.05) is 13.1 Å². The first-order chi connectivity index (χ1) is 9.04. The van der Waals surface area contributed by atoms with Gasteiger partial charge in [0.25, 0.3) is 0 Å². The molecule has 4 nitrogen and oxygen atoms in total. The molecule has 2 unspecified atom stereocenters. The monoisotopic (exact) mass is 264 g/mol. The average molecular weight is 264 g/mol. The normalized spacial score (nSPS) is 16.3. The molecule has 1 heterocycles. The molecule has 0 saturated heterocycles. The van der Waals surface area contributed by atoms with Crippen LogP contribution in [0.1, 0.15) is 45.7 Å². The first-order valence-corrected chi connectivity index (χ1v) is 7.17. The molecule has 0 aliphatic carbocycles. The van der Waals surface area contributed by atoms with Crippen LogP contribution in [0.4, 0.5) is 5.82 Å². The fourth-order valence-corrected chi connectivity index (χ4v) is 3.03. The van der Waals surface area contributed by atoms with Gasteiger partial charge in [-0.15, -0.1) is 0 Å². The highest BCUT2D eigenvalue weighted by atomic mass is 15.2. The molecule has 1 rings (SSSR count). The third kappa shape index (κ3) is 3.07. The van der Waals surface area contributed by atoms with Crippen LogP contribution in [0.25, 0.3) is 0 Å². The summed E-state index contributed by atoms with van der Waals surface area (Å²) in [6.45, 7) is 11.0. The molecule has 1 aromatic rings. The molecule has 0 spiro atoms. The largest absolute Gasteiger partial charge is 0.383 e. The molecule has 0 amide bonds. The average Bonchev–Trinajstić information content (AvgIpc) is 2.43. The van der Waals surface area contributed by atoms with E-state index in [0.717, 1.165) is 25.1 Å². The zero-order valence-electron chi connectivity index (χ0n) is 12.9. The van der Waals surface area contributed by atoms with Crippen LogP contribution in [-0.2, 0) is 0 Å². The van der Waals surface area contributed by atoms with Gasteiger partial charge < -0.3 is 11.1 Å². The minimum atomic E-state index is 0.0232. The van der Waals surface area contributed by atoms with Crippen LogP contribution in [0.3, 0.4) is 0 Å². The van der Waals surface area contributed by atoms with E-state index in [9.17, 15) is 0 Å². The molecular formula is C15H28N4. The molecule has 108 valence electrons. The topological polar surface area (TPSA) is 54.2 Å². The van der Waals surface area contributed by atoms with E-state index in [1.165, 1.54) is 0 Å². The number of nitrogen functional groups attached to an aromatic ring is 1. The first kappa shape index (κ1) is 15.9. The number of pyridine rings is 1. The minimum absolute atomic E-state index is 0.0232. The maximum Gasteiger partial charge on any atom is 0.128 e. The summed E-state index contributed by atoms with van der Waals surface area (Å²) in [6, 6.07) is 4.20. The van der Waals surface area contributed by atoms with Gasteiger partial charge >= 0.3 is 0 Å². The van der Waals surface area contributed by atoms with Crippen molar-refractivity contribution in [3.05, 3.63) is 23.9 Å². The summed E-state index contributed by atoms with van der Waals surface area (Å²) in [6.07, 6.45) is 2.79. The lowest BCUT2D eigenvalue weighted by molar-refractivity contribution is 0.0730. The van der Waals surface area contributed by atoms with Crippen molar-refractivity contribution < 1.29 is 0 Å². The number of hydrogen-bond acceptors (Lipinski definition) is 4. The number of aromatic nitrogens is 1. The summed E-state index contributed by atoms with van der Waals surface area (Å²) in [5.74, 6) is 0.619. The quantitative estimate of drug-likeness (QED) is 0.794. The van der Waals surface area contributed by atoms with E-state index in [-0.39, 0.29) is 11.6 Å². The highest BCUT2D eigenvalue weighted by molar-refractivity contribution is 5.42. The van der Waals surface area contributed by atoms with Crippen molar-refractivity contribution in [2.24, 2.45) is 0 Å². The number of nitrogens with two attached hydrogens (primary N) is 1. The number of hydrogen-bond donors (Lipinski definition) is 2. The Kier molecular flexibility index (Phi) is 5.76. The molecule has 0 aliphatic rings. The van der Waals surface area contributed by atoms with Gasteiger partial charge in [0, 0.05) is 17.3 Å². The van der Waals surface area contributed by atoms with Crippen molar-refractivity contribution in [2.45, 2.75) is 45.7 Å². The van der Waals surface area contributed by atoms with E-state index in [1.54, 1.807) is 6.20 Å². The third-order valence-electron chi connectivity index (χ3n) is 4.29. The van der Waals surface area contributed by atoms with Gasteiger partial charge in [0.1, 0.15) is 5.82 Å². The summed E-state index contributed by atoms with van der Waals surface area (Å²) in [7, 11) is 1.99. The van der Waals surface area contributed by atoms with Gasteiger partial charge in [0.05, 0.1) is 6.04 Å². The Labute approximate surface area is 117 Å². The predicted molar refractivity (Wildman–Crippen MR) is 82.1 cm³/mol. The lowest BCUT2D eigenvalue weighted by Crippen LogP contribution is -2.53. The number of likely N-dealkylation sites (N-methyl/N-ethyl adjacent to an activating group) is 2. The van der Waals surface area contributed by atoms with Crippen LogP contribution in [0.5, 0.6) is 0 Å². The van der Waals surface area contributed by atoms with Gasteiger partial charge in [-0.3, -0.25) is 4.90 Å². The van der Waals surface area contributed by atoms with E-state index < -0.39 is 0 Å². The van der Waals surface area contributed by atoms with E-state index in [4.69, 9.17) is 5.73 Å². The van der Waals surface area contributed by atoms with Crippen molar-refractivity contribution in [3.63, 3.8) is 0 Å². The van der Waals surface area contributed by atoms with Gasteiger partial charge in [-0.2, -0.15) is 0 Å². The molecule has 2 atom stereocenters. The number of nitrogens with zero attached hydrogens (tertiary/aromatic N) is 2. The maximum absolute atomic E-state index is 6.06. The molecule has 3 N–H and O–H groups in total. The predicted octanol–water partition coefficient (Wildman–Crippen LogP) is 2.43. The Morgan fingerprint density at radius 3 is 2.42 bits per heavy atom. The van der Waals surface area contributed by atoms with Crippen LogP contribution >= 0.6 is 0 Å². The summed E-state index contributed by atoms with van der Waals surface area (Å²) >= 11 is 0. The zero-order chi connectivity index (χ0) is 14.5. The molecule has 0 radical (unpaired) electrons. The fourth-order valence-electron chi connectivity index (χ4n) is 3.03. The maximum atomic E-state index is 6.06. The lowest BCUT2D eigenvalue weighted by atomic mass is 9.83. The molecule has 0 saturated carbocycles. The van der Waals surface area contributed by atoms with Crippen LogP contribution in [-0.4, -0.2) is 35.6 Å². The van der Waals surface area contributed by atoms with Gasteiger partial charge in [-0.05, 0) is 39.5 Å². The van der Waals surface area contributed by atoms with Gasteiger partial charge in [-0.1, -0.05) is 26.8 Å². The summed E-state index contributed by atoms with van der Waals surface area (Å²) < 4.78 is 0. The van der Waals surface area contributed by atoms with Crippen LogP contribution < -0.4 is 11.1 Å². The first-order valence-electron chi connectivity index (χ1n) is 7.17. The van der Waals surface area contributed by atoms with Crippen molar-refractivity contribution in [1.29, 1.82) is 0 Å². The lowest BCUT2D eigenvalue weighted by Gasteiger charge is -2.46. The number of nitrogens with one attached hydrogen (secondary N) is 1. The van der Waals surface area contributed by atoms with E-state index in [0.29, 0.717) is 5.82 Å². The second-order valence-corrected chi connectivity index (χ2v) is 5.08. The second kappa shape index (κ2) is 6.87. The van der Waals surface area contributed by atoms with Crippen LogP contribution in [0.15, 0.2) is 18.3 Å². The van der Waals surface area contributed by atoms with Crippen molar-refractivity contribution in [2.75, 3.05) is 25.9 Å². The molecule has 0 bridgehead atoms. The fraction of sp³-hybridized carbons (Fsp3) is 0.667. The molecule has 0 fully saturated rings. The molecule has 1 aromatic heterocycles. The zero-order valence-corrected chi connectivity index (χ0v) is 12.9. The highest BCUT2D eigenvalue weighted by Crippen LogP contribution is 2.35. The molecule has 0 aliphatic heterocycles. The smallest absolute Gasteiger partial charge is 0.128 e. The highest BCUT2D eigenvalue weighted by Gasteiger charge is 2.38. The molecule has 4 heteroatoms. The van der Waals surface area contributed by atoms with Gasteiger partial charge in [-0.25, -0.2) is 4.98 Å². The molecular weight excluding hydrogens is 236 g/mol. The van der Waals surface area contributed by atoms with Gasteiger partial charge in [0.2, 0.25) is 0 Å². The standard InChI is InChI=1S/C15H28N4/c1-6-15(4,19(7-2)8-3)13(17-5)12-10-9-11-18-14(12)16/h9-11,13,17H,6-8H2,1-5H3,(H2,16,18). The Balaban J connectivity index is 3.22. The van der Waals surface area contributed by atoms with E-state index in [2.05, 4.69) is 49.0 Å². The summed E-state index contributed by atoms with van der Waals surface area (Å²) in [4.78, 5) is 6.71. The molecule has 0 aromatic carbocycles. The third-order valence-corrected chi connectivity index (χ3v) is 4.29. The SMILES string of the molecule is CCN(CC)C(C)(CC)C(NC)c1cccnc1N. The van der Waals surface area contributed by atoms with Crippen molar-refractivity contribution in [3.8, 4) is 0 Å². The Morgan fingerprint density at radius 1 is 1.37 bits per heavy atom. The summed E-state index contributed by atoms with van der Waals surface area (Å²) in [5.41, 5.74) is 7.17. The minimum Gasteiger partial charge on any atom is -0.383 e. The van der Waals surface area contributed by atoms with Gasteiger partial charge in [0.15, 0.2) is 0 Å². The van der Waals surface area contributed by atoms with Crippen molar-refractivity contribution in [1.82, 2.24) is 15.2 Å². The Morgan fingerprint density at radius 2 is 2.00 bits per heavy atom. The number of rotatable bonds is 7. The van der Waals surface area contributed by atoms with Crippen molar-refractivity contribution >= 4 is 5.82 Å².